The molecule has 1 N–H and O–H groups in total. The van der Waals surface area contributed by atoms with E-state index in [1.807, 2.05) is 11.8 Å². The molecule has 0 amide bonds. The molecule has 1 nitrogen and oxygen atoms in total. The lowest BCUT2D eigenvalue weighted by atomic mass is 10.1. The van der Waals surface area contributed by atoms with Crippen LogP contribution in [-0.4, -0.2) is 0 Å². The van der Waals surface area contributed by atoms with Crippen LogP contribution in [-0.2, 0) is 0 Å². The maximum Gasteiger partial charge on any atom is 0.0532 e. The highest BCUT2D eigenvalue weighted by Gasteiger charge is 2.14. The number of unbranched alkanes of at least 4 members (excludes halogenated alkanes) is 7. The normalized spacial score (nSPS) is 12.7. The summed E-state index contributed by atoms with van der Waals surface area (Å²) in [5, 5.41) is 3.56. The fraction of sp³-hybridized carbons (Fsp3) is 0.391. The van der Waals surface area contributed by atoms with Crippen LogP contribution in [0.2, 0.25) is 0 Å². The van der Waals surface area contributed by atoms with E-state index in [2.05, 4.69) is 66.9 Å². The molecule has 0 unspecified atom stereocenters. The smallest absolute Gasteiger partial charge is 0.0532 e. The second-order valence-electron chi connectivity index (χ2n) is 6.79. The van der Waals surface area contributed by atoms with Gasteiger partial charge in [-0.05, 0) is 42.7 Å². The quantitative estimate of drug-likeness (QED) is 0.391. The fourth-order valence-electron chi connectivity index (χ4n) is 3.20. The van der Waals surface area contributed by atoms with Crippen molar-refractivity contribution in [1.29, 1.82) is 0 Å². The van der Waals surface area contributed by atoms with Gasteiger partial charge in [0.15, 0.2) is 0 Å². The molecular weight excluding hydrogens is 322 g/mol. The van der Waals surface area contributed by atoms with E-state index in [0.29, 0.717) is 0 Å². The zero-order chi connectivity index (χ0) is 17.3. The average Bonchev–Trinajstić information content (AvgIpc) is 2.65. The molecule has 0 fully saturated rings. The Balaban J connectivity index is 1.45. The Bertz CT molecular complexity index is 705. The maximum absolute atomic E-state index is 3.56. The highest BCUT2D eigenvalue weighted by Crippen LogP contribution is 2.44. The van der Waals surface area contributed by atoms with Gasteiger partial charge in [0, 0.05) is 9.79 Å². The van der Waals surface area contributed by atoms with E-state index in [1.165, 1.54) is 78.1 Å². The Morgan fingerprint density at radius 2 is 1.60 bits per heavy atom. The minimum atomic E-state index is 1.19. The minimum Gasteiger partial charge on any atom is -0.354 e. The number of anilines is 2. The third kappa shape index (κ3) is 5.40. The molecule has 2 aromatic rings. The Kier molecular flexibility index (Phi) is 7.05. The molecule has 1 aliphatic rings. The van der Waals surface area contributed by atoms with Gasteiger partial charge >= 0.3 is 0 Å². The molecule has 132 valence electrons. The van der Waals surface area contributed by atoms with Gasteiger partial charge in [0.1, 0.15) is 0 Å². The van der Waals surface area contributed by atoms with Crippen molar-refractivity contribution in [2.45, 2.75) is 68.1 Å². The molecule has 1 aliphatic heterocycles. The average molecular weight is 352 g/mol. The monoisotopic (exact) mass is 351 g/mol. The van der Waals surface area contributed by atoms with Crippen molar-refractivity contribution < 1.29 is 0 Å². The highest BCUT2D eigenvalue weighted by atomic mass is 32.2. The largest absolute Gasteiger partial charge is 0.354 e. The van der Waals surface area contributed by atoms with E-state index in [0.717, 1.165) is 0 Å². The van der Waals surface area contributed by atoms with Crippen molar-refractivity contribution in [3.05, 3.63) is 54.1 Å². The molecule has 2 heteroatoms. The number of nitrogens with one attached hydrogen (secondary N) is 1. The first-order chi connectivity index (χ1) is 12.4. The number of allylic oxidation sites excluding steroid dienone is 1. The Labute approximate surface area is 156 Å². The van der Waals surface area contributed by atoms with Gasteiger partial charge in [-0.1, -0.05) is 87.6 Å². The van der Waals surface area contributed by atoms with Gasteiger partial charge in [0.2, 0.25) is 0 Å². The molecule has 3 rings (SSSR count). The summed E-state index contributed by atoms with van der Waals surface area (Å²) in [7, 11) is 0. The molecule has 0 bridgehead atoms. The standard InChI is InChI=1S/C23H29NS/c1-2-3-4-5-6-7-8-9-10-13-19-16-17-23-21(18-19)24-20-14-11-12-15-22(20)25-23/h10-18,24H,2-9H2,1H3. The van der Waals surface area contributed by atoms with E-state index >= 15 is 0 Å². The molecule has 0 spiro atoms. The third-order valence-corrected chi connectivity index (χ3v) is 5.82. The van der Waals surface area contributed by atoms with Crippen molar-refractivity contribution in [1.82, 2.24) is 0 Å². The molecule has 1 heterocycles. The van der Waals surface area contributed by atoms with Crippen molar-refractivity contribution in [2.24, 2.45) is 0 Å². The summed E-state index contributed by atoms with van der Waals surface area (Å²) in [4.78, 5) is 2.61. The molecule has 0 saturated heterocycles. The summed E-state index contributed by atoms with van der Waals surface area (Å²) in [6.45, 7) is 2.28. The van der Waals surface area contributed by atoms with Crippen LogP contribution in [0.15, 0.2) is 58.3 Å². The molecule has 25 heavy (non-hydrogen) atoms. The predicted molar refractivity (Wildman–Crippen MR) is 112 cm³/mol. The first-order valence-corrected chi connectivity index (χ1v) is 10.5. The number of hydrogen-bond donors (Lipinski definition) is 1. The molecule has 0 atom stereocenters. The lowest BCUT2D eigenvalue weighted by Gasteiger charge is -2.20. The van der Waals surface area contributed by atoms with E-state index < -0.39 is 0 Å². The second kappa shape index (κ2) is 9.72. The van der Waals surface area contributed by atoms with E-state index in [1.54, 1.807) is 0 Å². The fourth-order valence-corrected chi connectivity index (χ4v) is 4.17. The summed E-state index contributed by atoms with van der Waals surface area (Å²) >= 11 is 1.85. The zero-order valence-electron chi connectivity index (χ0n) is 15.3. The van der Waals surface area contributed by atoms with E-state index in [9.17, 15) is 0 Å². The SMILES string of the molecule is CCCCCCCCCC=Cc1ccc2c(c1)Nc1ccccc1S2. The summed E-state index contributed by atoms with van der Waals surface area (Å²) in [6.07, 6.45) is 15.4. The van der Waals surface area contributed by atoms with Gasteiger partial charge in [0.25, 0.3) is 0 Å². The minimum absolute atomic E-state index is 1.19. The molecule has 0 radical (unpaired) electrons. The lowest BCUT2D eigenvalue weighted by molar-refractivity contribution is 0.592. The summed E-state index contributed by atoms with van der Waals surface area (Å²) < 4.78 is 0. The number of para-hydroxylation sites is 1. The van der Waals surface area contributed by atoms with Gasteiger partial charge in [-0.15, -0.1) is 0 Å². The zero-order valence-corrected chi connectivity index (χ0v) is 16.1. The van der Waals surface area contributed by atoms with Gasteiger partial charge in [-0.3, -0.25) is 0 Å². The Hall–Kier alpha value is -1.67. The third-order valence-electron chi connectivity index (χ3n) is 4.66. The summed E-state index contributed by atoms with van der Waals surface area (Å²) in [5.41, 5.74) is 3.72. The Morgan fingerprint density at radius 1 is 0.840 bits per heavy atom. The van der Waals surface area contributed by atoms with Crippen LogP contribution in [0.1, 0.15) is 63.9 Å². The molecule has 0 aliphatic carbocycles. The van der Waals surface area contributed by atoms with E-state index in [4.69, 9.17) is 0 Å². The van der Waals surface area contributed by atoms with Crippen LogP contribution in [0.4, 0.5) is 11.4 Å². The van der Waals surface area contributed by atoms with Gasteiger partial charge < -0.3 is 5.32 Å². The second-order valence-corrected chi connectivity index (χ2v) is 7.87. The first-order valence-electron chi connectivity index (χ1n) is 9.71. The van der Waals surface area contributed by atoms with Gasteiger partial charge in [-0.2, -0.15) is 0 Å². The van der Waals surface area contributed by atoms with Crippen LogP contribution < -0.4 is 5.32 Å². The van der Waals surface area contributed by atoms with Crippen LogP contribution in [0.3, 0.4) is 0 Å². The van der Waals surface area contributed by atoms with E-state index in [-0.39, 0.29) is 0 Å². The highest BCUT2D eigenvalue weighted by molar-refractivity contribution is 7.99. The summed E-state index contributed by atoms with van der Waals surface area (Å²) in [5.74, 6) is 0. The van der Waals surface area contributed by atoms with Crippen molar-refractivity contribution in [3.63, 3.8) is 0 Å². The number of benzene rings is 2. The van der Waals surface area contributed by atoms with Crippen LogP contribution in [0.5, 0.6) is 0 Å². The number of rotatable bonds is 9. The number of fused-ring (bicyclic) bond motifs is 2. The molecular formula is C23H29NS. The molecule has 0 saturated carbocycles. The van der Waals surface area contributed by atoms with Crippen molar-refractivity contribution in [2.75, 3.05) is 5.32 Å². The number of hydrogen-bond acceptors (Lipinski definition) is 2. The van der Waals surface area contributed by atoms with Crippen LogP contribution in [0.25, 0.3) is 6.08 Å². The van der Waals surface area contributed by atoms with Gasteiger partial charge in [-0.25, -0.2) is 0 Å². The van der Waals surface area contributed by atoms with Gasteiger partial charge in [0.05, 0.1) is 11.4 Å². The molecule has 2 aromatic carbocycles. The topological polar surface area (TPSA) is 12.0 Å². The summed E-state index contributed by atoms with van der Waals surface area (Å²) in [6, 6.07) is 15.2. The predicted octanol–water partition coefficient (Wildman–Crippen LogP) is 8.05. The van der Waals surface area contributed by atoms with Crippen molar-refractivity contribution >= 4 is 29.2 Å². The Morgan fingerprint density at radius 3 is 2.48 bits per heavy atom. The maximum atomic E-state index is 3.56. The lowest BCUT2D eigenvalue weighted by Crippen LogP contribution is -1.99. The van der Waals surface area contributed by atoms with Crippen molar-refractivity contribution in [3.8, 4) is 0 Å². The van der Waals surface area contributed by atoms with Crippen LogP contribution >= 0.6 is 11.8 Å². The first kappa shape index (κ1) is 18.1. The molecule has 0 aromatic heterocycles. The van der Waals surface area contributed by atoms with Crippen LogP contribution in [0, 0.1) is 0 Å².